The van der Waals surface area contributed by atoms with E-state index in [2.05, 4.69) is 15.1 Å². The second-order valence-electron chi connectivity index (χ2n) is 8.93. The number of anilines is 1. The van der Waals surface area contributed by atoms with Gasteiger partial charge in [-0.1, -0.05) is 35.0 Å². The lowest BCUT2D eigenvalue weighted by Crippen LogP contribution is -2.35. The van der Waals surface area contributed by atoms with E-state index in [0.29, 0.717) is 47.6 Å². The van der Waals surface area contributed by atoms with Crippen molar-refractivity contribution in [1.82, 2.24) is 15.1 Å². The van der Waals surface area contributed by atoms with Crippen LogP contribution in [0.25, 0.3) is 11.5 Å². The highest BCUT2D eigenvalue weighted by Crippen LogP contribution is 2.40. The maximum atomic E-state index is 13.6. The van der Waals surface area contributed by atoms with Gasteiger partial charge in [0.15, 0.2) is 5.82 Å². The van der Waals surface area contributed by atoms with Crippen molar-refractivity contribution in [2.24, 2.45) is 0 Å². The van der Waals surface area contributed by atoms with Crippen LogP contribution in [0.15, 0.2) is 64.0 Å². The Morgan fingerprint density at radius 2 is 1.95 bits per heavy atom. The van der Waals surface area contributed by atoms with E-state index in [1.807, 2.05) is 12.1 Å². The smallest absolute Gasteiger partial charge is 0.265 e. The Morgan fingerprint density at radius 1 is 1.11 bits per heavy atom. The lowest BCUT2D eigenvalue weighted by atomic mass is 10.0. The fourth-order valence-electron chi connectivity index (χ4n) is 4.37. The van der Waals surface area contributed by atoms with Gasteiger partial charge in [0.2, 0.25) is 5.88 Å². The van der Waals surface area contributed by atoms with E-state index < -0.39 is 10.0 Å². The Kier molecular flexibility index (Phi) is 5.82. The molecule has 6 rings (SSSR count). The van der Waals surface area contributed by atoms with Crippen molar-refractivity contribution < 1.29 is 17.7 Å². The molecular weight excluding hydrogens is 514 g/mol. The Bertz CT molecular complexity index is 1660. The second kappa shape index (κ2) is 9.18. The molecule has 0 saturated heterocycles. The van der Waals surface area contributed by atoms with Gasteiger partial charge in [-0.05, 0) is 55.5 Å². The summed E-state index contributed by atoms with van der Waals surface area (Å²) in [4.78, 5) is 8.67. The van der Waals surface area contributed by atoms with E-state index in [9.17, 15) is 13.7 Å². The average molecular weight is 534 g/mol. The third-order valence-corrected chi connectivity index (χ3v) is 8.40. The first kappa shape index (κ1) is 23.5. The van der Waals surface area contributed by atoms with Crippen molar-refractivity contribution in [2.45, 2.75) is 36.5 Å². The molecule has 186 valence electrons. The molecule has 0 unspecified atom stereocenters. The number of halogens is 1. The minimum absolute atomic E-state index is 0.0251. The van der Waals surface area contributed by atoms with Gasteiger partial charge in [-0.15, -0.1) is 0 Å². The van der Waals surface area contributed by atoms with Gasteiger partial charge in [-0.2, -0.15) is 10.2 Å². The fourth-order valence-corrected chi connectivity index (χ4v) is 6.24. The Labute approximate surface area is 218 Å². The quantitative estimate of drug-likeness (QED) is 0.299. The Morgan fingerprint density at radius 3 is 2.76 bits per heavy atom. The summed E-state index contributed by atoms with van der Waals surface area (Å²) in [6.07, 6.45) is 3.49. The number of sulfonamides is 1. The van der Waals surface area contributed by atoms with Gasteiger partial charge in [0.25, 0.3) is 15.9 Å². The lowest BCUT2D eigenvalue weighted by Gasteiger charge is -2.31. The van der Waals surface area contributed by atoms with Crippen molar-refractivity contribution >= 4 is 27.3 Å². The molecule has 0 spiro atoms. The minimum Gasteiger partial charge on any atom is -0.439 e. The van der Waals surface area contributed by atoms with Crippen LogP contribution in [0, 0.1) is 11.3 Å². The number of nitriles is 1. The molecule has 1 aliphatic carbocycles. The van der Waals surface area contributed by atoms with E-state index in [0.717, 1.165) is 24.8 Å². The highest BCUT2D eigenvalue weighted by Gasteiger charge is 2.32. The maximum absolute atomic E-state index is 13.6. The molecule has 1 aliphatic heterocycles. The number of aromatic nitrogens is 3. The third kappa shape index (κ3) is 4.52. The van der Waals surface area contributed by atoms with Crippen LogP contribution in [0.3, 0.4) is 0 Å². The van der Waals surface area contributed by atoms with Crippen LogP contribution in [0.5, 0.6) is 11.6 Å². The zero-order valence-electron chi connectivity index (χ0n) is 19.5. The van der Waals surface area contributed by atoms with Crippen LogP contribution in [0.2, 0.25) is 5.15 Å². The van der Waals surface area contributed by atoms with Crippen LogP contribution >= 0.6 is 11.6 Å². The summed E-state index contributed by atoms with van der Waals surface area (Å²) < 4.78 is 39.9. The standard InChI is InChI=1S/C26H20ClN5O4S/c27-23-12-19(26-30-25(31-36-26)17-7-8-17)13-24(29-23)35-20-10-9-16-5-3-11-32(21(16)14-20)37(33,34)22-6-2-1-4-18(22)15-28/h1-2,4,6,9-10,12-14,17H,3,5,7-8,11H2. The molecule has 3 heterocycles. The molecule has 2 aromatic heterocycles. The summed E-state index contributed by atoms with van der Waals surface area (Å²) in [7, 11) is -3.97. The lowest BCUT2D eigenvalue weighted by molar-refractivity contribution is 0.421. The summed E-state index contributed by atoms with van der Waals surface area (Å²) >= 11 is 6.25. The summed E-state index contributed by atoms with van der Waals surface area (Å²) in [6, 6.07) is 16.7. The van der Waals surface area contributed by atoms with Gasteiger partial charge in [-0.25, -0.2) is 13.4 Å². The predicted molar refractivity (Wildman–Crippen MR) is 135 cm³/mol. The van der Waals surface area contributed by atoms with Crippen molar-refractivity contribution in [3.63, 3.8) is 0 Å². The van der Waals surface area contributed by atoms with Crippen LogP contribution in [0.1, 0.15) is 42.1 Å². The Hall–Kier alpha value is -3.94. The molecule has 0 atom stereocenters. The summed E-state index contributed by atoms with van der Waals surface area (Å²) in [5, 5.41) is 13.7. The normalized spacial score (nSPS) is 15.2. The van der Waals surface area contributed by atoms with Crippen LogP contribution in [-0.2, 0) is 16.4 Å². The highest BCUT2D eigenvalue weighted by molar-refractivity contribution is 7.93. The molecule has 2 aliphatic rings. The van der Waals surface area contributed by atoms with Gasteiger partial charge in [0.05, 0.1) is 11.3 Å². The van der Waals surface area contributed by atoms with E-state index in [1.165, 1.54) is 16.4 Å². The molecule has 1 saturated carbocycles. The molecule has 37 heavy (non-hydrogen) atoms. The van der Waals surface area contributed by atoms with Crippen molar-refractivity contribution in [1.29, 1.82) is 5.26 Å². The van der Waals surface area contributed by atoms with Crippen molar-refractivity contribution in [3.05, 3.63) is 76.7 Å². The average Bonchev–Trinajstić information content (AvgIpc) is 3.64. The van der Waals surface area contributed by atoms with Gasteiger partial charge in [-0.3, -0.25) is 4.31 Å². The zero-order chi connectivity index (χ0) is 25.6. The molecule has 9 nitrogen and oxygen atoms in total. The number of ether oxygens (including phenoxy) is 1. The van der Waals surface area contributed by atoms with E-state index in [-0.39, 0.29) is 21.5 Å². The van der Waals surface area contributed by atoms with Gasteiger partial charge in [0, 0.05) is 30.2 Å². The number of aryl methyl sites for hydroxylation is 1. The first-order valence-corrected chi connectivity index (χ1v) is 13.6. The van der Waals surface area contributed by atoms with Gasteiger partial charge >= 0.3 is 0 Å². The molecule has 0 bridgehead atoms. The van der Waals surface area contributed by atoms with E-state index in [4.69, 9.17) is 20.9 Å². The second-order valence-corrected chi connectivity index (χ2v) is 11.1. The molecule has 0 radical (unpaired) electrons. The zero-order valence-corrected chi connectivity index (χ0v) is 21.0. The van der Waals surface area contributed by atoms with Crippen molar-refractivity contribution in [2.75, 3.05) is 10.8 Å². The number of pyridine rings is 1. The largest absolute Gasteiger partial charge is 0.439 e. The van der Waals surface area contributed by atoms with E-state index >= 15 is 0 Å². The predicted octanol–water partition coefficient (Wildman–Crippen LogP) is 5.47. The number of hydrogen-bond donors (Lipinski definition) is 0. The molecule has 4 aromatic rings. The number of hydrogen-bond acceptors (Lipinski definition) is 8. The fraction of sp³-hybridized carbons (Fsp3) is 0.231. The monoisotopic (exact) mass is 533 g/mol. The highest BCUT2D eigenvalue weighted by atomic mass is 35.5. The minimum atomic E-state index is -3.97. The number of rotatable bonds is 6. The molecule has 0 amide bonds. The van der Waals surface area contributed by atoms with E-state index in [1.54, 1.807) is 36.4 Å². The summed E-state index contributed by atoms with van der Waals surface area (Å²) in [5.41, 5.74) is 2.05. The number of nitrogens with zero attached hydrogens (tertiary/aromatic N) is 5. The van der Waals surface area contributed by atoms with Crippen LogP contribution in [-0.4, -0.2) is 30.1 Å². The first-order valence-electron chi connectivity index (χ1n) is 11.8. The summed E-state index contributed by atoms with van der Waals surface area (Å²) in [6.45, 7) is 0.290. The molecule has 1 fully saturated rings. The third-order valence-electron chi connectivity index (χ3n) is 6.33. The topological polar surface area (TPSA) is 122 Å². The Balaban J connectivity index is 1.33. The van der Waals surface area contributed by atoms with Crippen LogP contribution < -0.4 is 9.04 Å². The van der Waals surface area contributed by atoms with Gasteiger partial charge < -0.3 is 9.26 Å². The van der Waals surface area contributed by atoms with Gasteiger partial charge in [0.1, 0.15) is 21.9 Å². The number of benzene rings is 2. The molecule has 2 aromatic carbocycles. The molecule has 11 heteroatoms. The molecular formula is C26H20ClN5O4S. The van der Waals surface area contributed by atoms with Crippen molar-refractivity contribution in [3.8, 4) is 29.2 Å². The molecule has 0 N–H and O–H groups in total. The van der Waals surface area contributed by atoms with Crippen LogP contribution in [0.4, 0.5) is 5.69 Å². The first-order chi connectivity index (χ1) is 17.9. The maximum Gasteiger partial charge on any atom is 0.265 e. The number of fused-ring (bicyclic) bond motifs is 1. The summed E-state index contributed by atoms with van der Waals surface area (Å²) in [5.74, 6) is 1.95. The SMILES string of the molecule is N#Cc1ccccc1S(=O)(=O)N1CCCc2ccc(Oc3cc(-c4nc(C5CC5)no4)cc(Cl)n3)cc21.